The molecule has 11 heteroatoms. The van der Waals surface area contributed by atoms with Crippen LogP contribution in [-0.4, -0.2) is 39.9 Å². The highest BCUT2D eigenvalue weighted by atomic mass is 79.9. The molecule has 1 aromatic heterocycles. The number of nitrogens with zero attached hydrogens (tertiary/aromatic N) is 4. The van der Waals surface area contributed by atoms with E-state index in [0.29, 0.717) is 10.9 Å². The molecule has 0 fully saturated rings. The summed E-state index contributed by atoms with van der Waals surface area (Å²) in [6.45, 7) is 0. The van der Waals surface area contributed by atoms with Gasteiger partial charge in [-0.05, 0) is 30.3 Å². The lowest BCUT2D eigenvalue weighted by molar-refractivity contribution is -0.113. The molecular weight excluding hydrogens is 458 g/mol. The van der Waals surface area contributed by atoms with E-state index >= 15 is 0 Å². The van der Waals surface area contributed by atoms with Gasteiger partial charge in [-0.3, -0.25) is 4.79 Å². The van der Waals surface area contributed by atoms with Crippen LogP contribution in [0.2, 0.25) is 0 Å². The van der Waals surface area contributed by atoms with Gasteiger partial charge in [-0.25, -0.2) is 10.1 Å². The number of carbonyl (C=O) groups is 1. The maximum atomic E-state index is 12.0. The van der Waals surface area contributed by atoms with Gasteiger partial charge in [0, 0.05) is 15.7 Å². The Bertz CT molecular complexity index is 1010. The van der Waals surface area contributed by atoms with Gasteiger partial charge in [-0.15, -0.1) is 10.2 Å². The first kappa shape index (κ1) is 20.7. The molecule has 150 valence electrons. The molecule has 0 aliphatic heterocycles. The van der Waals surface area contributed by atoms with Crippen molar-refractivity contribution in [1.29, 1.82) is 0 Å². The molecule has 0 spiro atoms. The Balaban J connectivity index is 1.57. The number of nitrogens with two attached hydrogens (primary N) is 1. The van der Waals surface area contributed by atoms with Crippen LogP contribution in [0.1, 0.15) is 5.56 Å². The monoisotopic (exact) mass is 475 g/mol. The number of methoxy groups -OCH3 is 1. The number of halogens is 1. The molecule has 0 atom stereocenters. The topological polar surface area (TPSA) is 119 Å². The molecule has 4 N–H and O–H groups in total. The second-order valence-corrected chi connectivity index (χ2v) is 7.49. The van der Waals surface area contributed by atoms with Gasteiger partial charge in [0.2, 0.25) is 11.1 Å². The Morgan fingerprint density at radius 2 is 2.10 bits per heavy atom. The highest BCUT2D eigenvalue weighted by Crippen LogP contribution is 2.21. The van der Waals surface area contributed by atoms with E-state index in [2.05, 4.69) is 42.0 Å². The summed E-state index contributed by atoms with van der Waals surface area (Å²) in [5, 5.41) is 15.2. The fourth-order valence-electron chi connectivity index (χ4n) is 2.27. The number of aromatic nitrogens is 3. The number of hydrogen-bond acceptors (Lipinski definition) is 8. The zero-order valence-corrected chi connectivity index (χ0v) is 17.8. The number of nitrogens with one attached hydrogen (secondary N) is 2. The van der Waals surface area contributed by atoms with E-state index in [-0.39, 0.29) is 17.6 Å². The number of amides is 1. The van der Waals surface area contributed by atoms with Crippen LogP contribution in [0.3, 0.4) is 0 Å². The highest BCUT2D eigenvalue weighted by Gasteiger charge is 2.12. The minimum Gasteiger partial charge on any atom is -0.496 e. The molecule has 2 aromatic carbocycles. The van der Waals surface area contributed by atoms with E-state index in [9.17, 15) is 4.79 Å². The quantitative estimate of drug-likeness (QED) is 0.198. The number of nitrogen functional groups attached to an aromatic ring is 1. The summed E-state index contributed by atoms with van der Waals surface area (Å²) in [5.74, 6) is 6.86. The Hall–Kier alpha value is -3.05. The lowest BCUT2D eigenvalue weighted by Gasteiger charge is -2.05. The number of anilines is 2. The summed E-state index contributed by atoms with van der Waals surface area (Å²) in [6, 6.07) is 14.8. The highest BCUT2D eigenvalue weighted by molar-refractivity contribution is 9.10. The van der Waals surface area contributed by atoms with E-state index < -0.39 is 0 Å². The summed E-state index contributed by atoms with van der Waals surface area (Å²) in [6.07, 6.45) is 1.58. The van der Waals surface area contributed by atoms with Gasteiger partial charge in [-0.1, -0.05) is 45.9 Å². The lowest BCUT2D eigenvalue weighted by atomic mass is 10.2. The number of benzene rings is 2. The fourth-order valence-corrected chi connectivity index (χ4v) is 3.30. The van der Waals surface area contributed by atoms with Gasteiger partial charge >= 0.3 is 0 Å². The van der Waals surface area contributed by atoms with Crippen molar-refractivity contribution in [3.05, 3.63) is 58.6 Å². The molecule has 0 bridgehead atoms. The molecule has 1 heterocycles. The smallest absolute Gasteiger partial charge is 0.264 e. The second kappa shape index (κ2) is 9.94. The average molecular weight is 476 g/mol. The van der Waals surface area contributed by atoms with E-state index in [0.717, 1.165) is 15.7 Å². The summed E-state index contributed by atoms with van der Waals surface area (Å²) in [7, 11) is 1.59. The van der Waals surface area contributed by atoms with Gasteiger partial charge in [0.15, 0.2) is 0 Å². The molecule has 29 heavy (non-hydrogen) atoms. The SMILES string of the molecule is COc1ccc(Br)cc1/C=N/Nc1nnc(SCC(=O)Nc2ccccc2)n1N. The van der Waals surface area contributed by atoms with Crippen LogP contribution in [0.5, 0.6) is 5.75 Å². The molecule has 3 aromatic rings. The molecule has 0 radical (unpaired) electrons. The van der Waals surface area contributed by atoms with Crippen molar-refractivity contribution < 1.29 is 9.53 Å². The number of ether oxygens (including phenoxy) is 1. The van der Waals surface area contributed by atoms with Crippen molar-refractivity contribution in [2.45, 2.75) is 5.16 Å². The van der Waals surface area contributed by atoms with Crippen LogP contribution in [0.15, 0.2) is 63.3 Å². The summed E-state index contributed by atoms with van der Waals surface area (Å²) in [5.41, 5.74) is 4.23. The lowest BCUT2D eigenvalue weighted by Crippen LogP contribution is -2.16. The Kier molecular flexibility index (Phi) is 7.09. The van der Waals surface area contributed by atoms with Gasteiger partial charge in [0.1, 0.15) is 5.75 Å². The van der Waals surface area contributed by atoms with Crippen molar-refractivity contribution in [2.24, 2.45) is 5.10 Å². The third kappa shape index (κ3) is 5.72. The molecule has 9 nitrogen and oxygen atoms in total. The minimum atomic E-state index is -0.168. The van der Waals surface area contributed by atoms with E-state index in [1.807, 2.05) is 48.5 Å². The van der Waals surface area contributed by atoms with Crippen molar-refractivity contribution in [2.75, 3.05) is 29.4 Å². The van der Waals surface area contributed by atoms with Gasteiger partial charge in [0.05, 0.1) is 19.1 Å². The number of thioether (sulfide) groups is 1. The van der Waals surface area contributed by atoms with E-state index in [4.69, 9.17) is 10.6 Å². The average Bonchev–Trinajstić information content (AvgIpc) is 3.07. The Morgan fingerprint density at radius 3 is 2.86 bits per heavy atom. The number of hydrazone groups is 1. The van der Waals surface area contributed by atoms with Crippen LogP contribution >= 0.6 is 27.7 Å². The molecule has 3 rings (SSSR count). The van der Waals surface area contributed by atoms with Crippen LogP contribution in [-0.2, 0) is 4.79 Å². The maximum Gasteiger partial charge on any atom is 0.264 e. The second-order valence-electron chi connectivity index (χ2n) is 5.64. The molecule has 0 unspecified atom stereocenters. The van der Waals surface area contributed by atoms with Gasteiger partial charge in [0.25, 0.3) is 5.95 Å². The van der Waals surface area contributed by atoms with E-state index in [1.54, 1.807) is 13.3 Å². The van der Waals surface area contributed by atoms with Crippen LogP contribution in [0.4, 0.5) is 11.6 Å². The standard InChI is InChI=1S/C18H18BrN7O2S/c1-28-15-8-7-13(19)9-12(15)10-21-23-17-24-25-18(26(17)20)29-11-16(27)22-14-5-3-2-4-6-14/h2-10H,11,20H2,1H3,(H,22,27)(H,23,24)/b21-10+. The van der Waals surface area contributed by atoms with Crippen LogP contribution in [0.25, 0.3) is 0 Å². The molecule has 0 saturated heterocycles. The summed E-state index contributed by atoms with van der Waals surface area (Å²) < 4.78 is 7.42. The van der Waals surface area contributed by atoms with Gasteiger partial charge in [-0.2, -0.15) is 5.10 Å². The number of carbonyl (C=O) groups excluding carboxylic acids is 1. The first-order valence-corrected chi connectivity index (χ1v) is 10.2. The number of rotatable bonds is 8. The first-order valence-electron chi connectivity index (χ1n) is 8.37. The van der Waals surface area contributed by atoms with Crippen LogP contribution < -0.4 is 21.3 Å². The van der Waals surface area contributed by atoms with Gasteiger partial charge < -0.3 is 15.9 Å². The Labute approximate surface area is 179 Å². The fraction of sp³-hybridized carbons (Fsp3) is 0.111. The van der Waals surface area contributed by atoms with Crippen molar-refractivity contribution in [3.63, 3.8) is 0 Å². The molecular formula is C18H18BrN7O2S. The molecule has 0 saturated carbocycles. The zero-order valence-electron chi connectivity index (χ0n) is 15.4. The zero-order chi connectivity index (χ0) is 20.6. The summed E-state index contributed by atoms with van der Waals surface area (Å²) in [4.78, 5) is 12.0. The predicted molar refractivity (Wildman–Crippen MR) is 118 cm³/mol. The largest absolute Gasteiger partial charge is 0.496 e. The number of hydrogen-bond donors (Lipinski definition) is 3. The van der Waals surface area contributed by atoms with Crippen molar-refractivity contribution >= 4 is 51.4 Å². The maximum absolute atomic E-state index is 12.0. The minimum absolute atomic E-state index is 0.142. The molecule has 0 aliphatic carbocycles. The first-order chi connectivity index (χ1) is 14.1. The molecule has 0 aliphatic rings. The van der Waals surface area contributed by atoms with Crippen molar-refractivity contribution in [1.82, 2.24) is 14.9 Å². The Morgan fingerprint density at radius 1 is 1.31 bits per heavy atom. The summed E-state index contributed by atoms with van der Waals surface area (Å²) >= 11 is 4.57. The third-order valence-corrected chi connectivity index (χ3v) is 5.05. The normalized spacial score (nSPS) is 10.8. The number of para-hydroxylation sites is 1. The molecule has 1 amide bonds. The van der Waals surface area contributed by atoms with Crippen molar-refractivity contribution in [3.8, 4) is 5.75 Å². The van der Waals surface area contributed by atoms with Crippen LogP contribution in [0, 0.1) is 0 Å². The third-order valence-electron chi connectivity index (χ3n) is 3.61. The van der Waals surface area contributed by atoms with E-state index in [1.165, 1.54) is 16.4 Å². The predicted octanol–water partition coefficient (Wildman–Crippen LogP) is 2.94.